The Morgan fingerprint density at radius 3 is 1.92 bits per heavy atom. The van der Waals surface area contributed by atoms with Gasteiger partial charge < -0.3 is 5.11 Å². The molecular weight excluding hydrogens is 164 g/mol. The van der Waals surface area contributed by atoms with Crippen LogP contribution >= 0.6 is 0 Å². The molecule has 0 rings (SSSR count). The molecule has 0 aliphatic heterocycles. The summed E-state index contributed by atoms with van der Waals surface area (Å²) in [6.07, 6.45) is 2.06. The molecule has 74 valence electrons. The van der Waals surface area contributed by atoms with E-state index in [0.717, 1.165) is 12.8 Å². The number of aliphatic hydroxyl groups is 1. The van der Waals surface area contributed by atoms with Crippen LogP contribution in [-0.4, -0.2) is 18.9 Å². The average molecular weight is 188 g/mol. The van der Waals surface area contributed by atoms with Crippen LogP contribution < -0.4 is 0 Å². The zero-order valence-corrected chi connectivity index (χ0v) is 10.4. The van der Waals surface area contributed by atoms with Gasteiger partial charge in [0, 0.05) is 5.73 Å². The molecule has 0 bridgehead atoms. The van der Waals surface area contributed by atoms with Gasteiger partial charge in [-0.2, -0.15) is 0 Å². The first-order valence-electron chi connectivity index (χ1n) is 4.91. The van der Waals surface area contributed by atoms with E-state index in [0.29, 0.717) is 5.04 Å². The smallest absolute Gasteiger partial charge is 0.0864 e. The Balaban J connectivity index is 4.38. The molecule has 0 amide bonds. The highest BCUT2D eigenvalue weighted by Gasteiger charge is 2.40. The van der Waals surface area contributed by atoms with Gasteiger partial charge >= 0.3 is 0 Å². The van der Waals surface area contributed by atoms with E-state index in [1.165, 1.54) is 0 Å². The van der Waals surface area contributed by atoms with Crippen LogP contribution in [0, 0.1) is 0 Å². The fourth-order valence-corrected chi connectivity index (χ4v) is 3.14. The molecule has 0 heterocycles. The minimum Gasteiger partial charge on any atom is -0.397 e. The maximum absolute atomic E-state index is 9.97. The summed E-state index contributed by atoms with van der Waals surface area (Å²) < 4.78 is 0. The first-order chi connectivity index (χ1) is 5.23. The second kappa shape index (κ2) is 3.92. The highest BCUT2D eigenvalue weighted by atomic mass is 28.3. The zero-order valence-electron chi connectivity index (χ0n) is 9.44. The molecule has 1 N–H and O–H groups in total. The van der Waals surface area contributed by atoms with Crippen molar-refractivity contribution in [1.29, 1.82) is 0 Å². The van der Waals surface area contributed by atoms with E-state index in [1.807, 2.05) is 0 Å². The Kier molecular flexibility index (Phi) is 3.98. The van der Waals surface area contributed by atoms with E-state index in [9.17, 15) is 5.11 Å². The Labute approximate surface area is 78.2 Å². The van der Waals surface area contributed by atoms with Crippen LogP contribution in [0.25, 0.3) is 0 Å². The fourth-order valence-electron chi connectivity index (χ4n) is 1.13. The lowest BCUT2D eigenvalue weighted by Crippen LogP contribution is -2.49. The summed E-state index contributed by atoms with van der Waals surface area (Å²) in [5.74, 6) is 0. The fraction of sp³-hybridized carbons (Fsp3) is 1.00. The van der Waals surface area contributed by atoms with Crippen molar-refractivity contribution in [3.8, 4) is 0 Å². The lowest BCUT2D eigenvalue weighted by molar-refractivity contribution is 0.226. The van der Waals surface area contributed by atoms with Gasteiger partial charge in [0.2, 0.25) is 0 Å². The van der Waals surface area contributed by atoms with E-state index in [1.54, 1.807) is 0 Å². The Hall–Kier alpha value is 0.177. The van der Waals surface area contributed by atoms with E-state index >= 15 is 0 Å². The van der Waals surface area contributed by atoms with Gasteiger partial charge in [-0.3, -0.25) is 0 Å². The summed E-state index contributed by atoms with van der Waals surface area (Å²) in [6, 6.07) is 0. The number of hydrogen-bond acceptors (Lipinski definition) is 1. The summed E-state index contributed by atoms with van der Waals surface area (Å²) in [4.78, 5) is 0. The summed E-state index contributed by atoms with van der Waals surface area (Å²) in [5, 5.41) is 10.3. The predicted molar refractivity (Wildman–Crippen MR) is 58.1 cm³/mol. The molecule has 0 spiro atoms. The SMILES string of the molecule is CCC[C@H](O)[Si](C)(C)C(C)(C)C. The first kappa shape index (κ1) is 12.2. The number of rotatable bonds is 3. The number of hydrogen-bond donors (Lipinski definition) is 1. The maximum Gasteiger partial charge on any atom is 0.0864 e. The summed E-state index contributed by atoms with van der Waals surface area (Å²) in [5.41, 5.74) is -0.0394. The highest BCUT2D eigenvalue weighted by molar-refractivity contribution is 6.81. The minimum atomic E-state index is -1.47. The second-order valence-electron chi connectivity index (χ2n) is 5.28. The lowest BCUT2D eigenvalue weighted by atomic mass is 10.2. The van der Waals surface area contributed by atoms with Crippen LogP contribution in [0.3, 0.4) is 0 Å². The van der Waals surface area contributed by atoms with Crippen LogP contribution in [-0.2, 0) is 0 Å². The molecule has 2 heteroatoms. The normalized spacial score (nSPS) is 16.2. The maximum atomic E-state index is 9.97. The molecule has 1 atom stereocenters. The van der Waals surface area contributed by atoms with Crippen molar-refractivity contribution in [2.75, 3.05) is 0 Å². The van der Waals surface area contributed by atoms with Crippen LogP contribution in [0.15, 0.2) is 0 Å². The van der Waals surface area contributed by atoms with Gasteiger partial charge in [0.25, 0.3) is 0 Å². The molecule has 12 heavy (non-hydrogen) atoms. The van der Waals surface area contributed by atoms with Crippen LogP contribution in [0.4, 0.5) is 0 Å². The van der Waals surface area contributed by atoms with Crippen molar-refractivity contribution in [1.82, 2.24) is 0 Å². The zero-order chi connectivity index (χ0) is 9.99. The van der Waals surface area contributed by atoms with Crippen molar-refractivity contribution >= 4 is 8.07 Å². The first-order valence-corrected chi connectivity index (χ1v) is 7.99. The molecule has 0 aromatic rings. The Morgan fingerprint density at radius 2 is 1.67 bits per heavy atom. The quantitative estimate of drug-likeness (QED) is 0.674. The highest BCUT2D eigenvalue weighted by Crippen LogP contribution is 2.38. The molecule has 0 unspecified atom stereocenters. The standard InChI is InChI=1S/C10H24OSi/c1-7-8-9(11)12(5,6)10(2,3)4/h9,11H,7-8H2,1-6H3/t9-/m1/s1. The lowest BCUT2D eigenvalue weighted by Gasteiger charge is -2.40. The van der Waals surface area contributed by atoms with Gasteiger partial charge in [-0.25, -0.2) is 0 Å². The van der Waals surface area contributed by atoms with Crippen LogP contribution in [0.2, 0.25) is 18.1 Å². The van der Waals surface area contributed by atoms with E-state index < -0.39 is 8.07 Å². The van der Waals surface area contributed by atoms with Crippen molar-refractivity contribution < 1.29 is 5.11 Å². The molecular formula is C10H24OSi. The van der Waals surface area contributed by atoms with E-state index in [2.05, 4.69) is 40.8 Å². The molecule has 0 fully saturated rings. The van der Waals surface area contributed by atoms with Gasteiger partial charge in [-0.15, -0.1) is 0 Å². The second-order valence-corrected chi connectivity index (χ2v) is 10.9. The van der Waals surface area contributed by atoms with Gasteiger partial charge in [0.15, 0.2) is 0 Å². The van der Waals surface area contributed by atoms with E-state index in [-0.39, 0.29) is 5.73 Å². The Bertz CT molecular complexity index is 135. The van der Waals surface area contributed by atoms with Crippen molar-refractivity contribution in [2.24, 2.45) is 0 Å². The largest absolute Gasteiger partial charge is 0.397 e. The third kappa shape index (κ3) is 2.59. The predicted octanol–water partition coefficient (Wildman–Crippen LogP) is 3.20. The van der Waals surface area contributed by atoms with Gasteiger partial charge in [-0.1, -0.05) is 47.2 Å². The van der Waals surface area contributed by atoms with Gasteiger partial charge in [0.05, 0.1) is 8.07 Å². The molecule has 0 aromatic carbocycles. The topological polar surface area (TPSA) is 20.2 Å². The summed E-state index contributed by atoms with van der Waals surface area (Å²) in [7, 11) is -1.47. The number of aliphatic hydroxyl groups excluding tert-OH is 1. The molecule has 0 aliphatic rings. The minimum absolute atomic E-state index is 0.0394. The third-order valence-electron chi connectivity index (χ3n) is 3.33. The van der Waals surface area contributed by atoms with Gasteiger partial charge in [0.1, 0.15) is 0 Å². The Morgan fingerprint density at radius 1 is 1.25 bits per heavy atom. The molecule has 0 saturated heterocycles. The molecule has 0 saturated carbocycles. The van der Waals surface area contributed by atoms with Gasteiger partial charge in [-0.05, 0) is 11.5 Å². The molecule has 0 aromatic heterocycles. The average Bonchev–Trinajstić information content (AvgIpc) is 1.85. The van der Waals surface area contributed by atoms with Crippen molar-refractivity contribution in [2.45, 2.75) is 64.4 Å². The molecule has 0 aliphatic carbocycles. The van der Waals surface area contributed by atoms with Crippen LogP contribution in [0.5, 0.6) is 0 Å². The van der Waals surface area contributed by atoms with E-state index in [4.69, 9.17) is 0 Å². The molecule has 0 radical (unpaired) electrons. The summed E-state index contributed by atoms with van der Waals surface area (Å²) >= 11 is 0. The monoisotopic (exact) mass is 188 g/mol. The van der Waals surface area contributed by atoms with Crippen LogP contribution in [0.1, 0.15) is 40.5 Å². The summed E-state index contributed by atoms with van der Waals surface area (Å²) in [6.45, 7) is 13.4. The van der Waals surface area contributed by atoms with Crippen molar-refractivity contribution in [3.05, 3.63) is 0 Å². The van der Waals surface area contributed by atoms with Crippen molar-refractivity contribution in [3.63, 3.8) is 0 Å². The third-order valence-corrected chi connectivity index (χ3v) is 9.15. The molecule has 1 nitrogen and oxygen atoms in total.